The Hall–Kier alpha value is -3.00. The zero-order valence-electron chi connectivity index (χ0n) is 16.2. The molecule has 1 atom stereocenters. The van der Waals surface area contributed by atoms with E-state index in [0.29, 0.717) is 29.6 Å². The van der Waals surface area contributed by atoms with E-state index in [0.717, 1.165) is 5.56 Å². The first kappa shape index (κ1) is 20.7. The normalized spacial score (nSPS) is 16.3. The summed E-state index contributed by atoms with van der Waals surface area (Å²) >= 11 is 5.46. The van der Waals surface area contributed by atoms with E-state index in [4.69, 9.17) is 17.0 Å². The van der Waals surface area contributed by atoms with Crippen molar-refractivity contribution >= 4 is 34.8 Å². The maximum atomic E-state index is 13.2. The first-order chi connectivity index (χ1) is 13.9. The predicted molar refractivity (Wildman–Crippen MR) is 112 cm³/mol. The van der Waals surface area contributed by atoms with Gasteiger partial charge in [0, 0.05) is 18.8 Å². The van der Waals surface area contributed by atoms with E-state index in [9.17, 15) is 14.0 Å². The summed E-state index contributed by atoms with van der Waals surface area (Å²) in [7, 11) is 1.57. The van der Waals surface area contributed by atoms with Gasteiger partial charge in [0.1, 0.15) is 17.6 Å². The average Bonchev–Trinajstić information content (AvgIpc) is 2.93. The molecule has 29 heavy (non-hydrogen) atoms. The van der Waals surface area contributed by atoms with Gasteiger partial charge in [0.15, 0.2) is 5.11 Å². The molecule has 3 rings (SSSR count). The molecule has 1 fully saturated rings. The Morgan fingerprint density at radius 1 is 1.17 bits per heavy atom. The van der Waals surface area contributed by atoms with Gasteiger partial charge in [-0.2, -0.15) is 0 Å². The molecule has 6 nitrogen and oxygen atoms in total. The minimum atomic E-state index is -0.703. The fourth-order valence-electron chi connectivity index (χ4n) is 3.21. The third-order valence-corrected chi connectivity index (χ3v) is 5.19. The van der Waals surface area contributed by atoms with Gasteiger partial charge in [0.2, 0.25) is 5.91 Å². The van der Waals surface area contributed by atoms with Gasteiger partial charge in [-0.15, -0.1) is 0 Å². The summed E-state index contributed by atoms with van der Waals surface area (Å²) in [6.45, 7) is 2.58. The fourth-order valence-corrected chi connectivity index (χ4v) is 3.62. The molecule has 2 amide bonds. The van der Waals surface area contributed by atoms with Crippen LogP contribution in [0.25, 0.3) is 0 Å². The van der Waals surface area contributed by atoms with E-state index < -0.39 is 6.04 Å². The molecule has 0 spiro atoms. The lowest BCUT2D eigenvalue weighted by atomic mass is 10.1. The van der Waals surface area contributed by atoms with Crippen LogP contribution in [-0.4, -0.2) is 46.4 Å². The SMILES string of the molecule is CCN1C(=O)[C@H](CC(=O)Nc2ccc(OC)cc2)N(Cc2ccc(F)cc2)C1=S. The number of methoxy groups -OCH3 is 1. The van der Waals surface area contributed by atoms with Crippen molar-refractivity contribution in [1.82, 2.24) is 9.80 Å². The van der Waals surface area contributed by atoms with Gasteiger partial charge in [0.25, 0.3) is 5.91 Å². The summed E-state index contributed by atoms with van der Waals surface area (Å²) in [5.74, 6) is -0.148. The Balaban J connectivity index is 1.73. The van der Waals surface area contributed by atoms with Gasteiger partial charge in [-0.1, -0.05) is 12.1 Å². The van der Waals surface area contributed by atoms with Gasteiger partial charge in [0.05, 0.1) is 13.5 Å². The molecule has 0 saturated carbocycles. The Kier molecular flexibility index (Phi) is 6.43. The third-order valence-electron chi connectivity index (χ3n) is 4.74. The minimum Gasteiger partial charge on any atom is -0.497 e. The van der Waals surface area contributed by atoms with Crippen LogP contribution in [0.15, 0.2) is 48.5 Å². The van der Waals surface area contributed by atoms with E-state index in [1.54, 1.807) is 48.4 Å². The number of anilines is 1. The lowest BCUT2D eigenvalue weighted by molar-refractivity contribution is -0.130. The van der Waals surface area contributed by atoms with Crippen LogP contribution in [0.2, 0.25) is 0 Å². The van der Waals surface area contributed by atoms with Crippen molar-refractivity contribution in [2.75, 3.05) is 19.0 Å². The van der Waals surface area contributed by atoms with Crippen LogP contribution in [0, 0.1) is 5.82 Å². The topological polar surface area (TPSA) is 61.9 Å². The first-order valence-corrected chi connectivity index (χ1v) is 9.64. The van der Waals surface area contributed by atoms with Crippen molar-refractivity contribution in [2.24, 2.45) is 0 Å². The number of halogens is 1. The average molecular weight is 415 g/mol. The molecule has 0 aromatic heterocycles. The van der Waals surface area contributed by atoms with Crippen LogP contribution in [0.4, 0.5) is 10.1 Å². The second kappa shape index (κ2) is 9.00. The quantitative estimate of drug-likeness (QED) is 0.704. The number of nitrogens with one attached hydrogen (secondary N) is 1. The number of ether oxygens (including phenoxy) is 1. The number of likely N-dealkylation sites (N-methyl/N-ethyl adjacent to an activating group) is 1. The highest BCUT2D eigenvalue weighted by Gasteiger charge is 2.42. The smallest absolute Gasteiger partial charge is 0.252 e. The number of rotatable bonds is 7. The Bertz CT molecular complexity index is 902. The van der Waals surface area contributed by atoms with Crippen molar-refractivity contribution in [3.8, 4) is 5.75 Å². The Morgan fingerprint density at radius 3 is 2.41 bits per heavy atom. The van der Waals surface area contributed by atoms with Gasteiger partial charge in [-0.3, -0.25) is 14.5 Å². The van der Waals surface area contributed by atoms with Crippen LogP contribution in [0.3, 0.4) is 0 Å². The van der Waals surface area contributed by atoms with Crippen LogP contribution in [0.1, 0.15) is 18.9 Å². The predicted octanol–water partition coefficient (Wildman–Crippen LogP) is 3.18. The molecule has 1 N–H and O–H groups in total. The summed E-state index contributed by atoms with van der Waals surface area (Å²) in [5.41, 5.74) is 1.42. The van der Waals surface area contributed by atoms with Crippen molar-refractivity contribution in [1.29, 1.82) is 0 Å². The Labute approximate surface area is 174 Å². The molecule has 1 aliphatic heterocycles. The molecule has 1 saturated heterocycles. The summed E-state index contributed by atoms with van der Waals surface area (Å²) in [4.78, 5) is 28.6. The first-order valence-electron chi connectivity index (χ1n) is 9.23. The zero-order chi connectivity index (χ0) is 21.0. The van der Waals surface area contributed by atoms with Crippen LogP contribution in [-0.2, 0) is 16.1 Å². The maximum Gasteiger partial charge on any atom is 0.252 e. The van der Waals surface area contributed by atoms with Crippen LogP contribution in [0.5, 0.6) is 5.75 Å². The molecule has 0 bridgehead atoms. The molecule has 0 unspecified atom stereocenters. The fraction of sp³-hybridized carbons (Fsp3) is 0.286. The summed E-state index contributed by atoms with van der Waals surface area (Å²) in [6.07, 6.45) is -0.0390. The van der Waals surface area contributed by atoms with E-state index in [2.05, 4.69) is 5.32 Å². The second-order valence-corrected chi connectivity index (χ2v) is 6.98. The standard InChI is InChI=1S/C21H22FN3O3S/c1-3-24-20(27)18(12-19(26)23-16-8-10-17(28-2)11-9-16)25(21(24)29)13-14-4-6-15(22)7-5-14/h4-11,18H,3,12-13H2,1-2H3,(H,23,26)/t18-/m0/s1. The number of carbonyl (C=O) groups is 2. The van der Waals surface area contributed by atoms with Gasteiger partial charge in [-0.05, 0) is 61.1 Å². The van der Waals surface area contributed by atoms with Crippen LogP contribution >= 0.6 is 12.2 Å². The summed E-state index contributed by atoms with van der Waals surface area (Å²) in [5, 5.41) is 3.17. The lowest BCUT2D eigenvalue weighted by Gasteiger charge is -2.24. The molecule has 0 radical (unpaired) electrons. The van der Waals surface area contributed by atoms with Crippen LogP contribution < -0.4 is 10.1 Å². The van der Waals surface area contributed by atoms with Crippen molar-refractivity contribution in [3.05, 3.63) is 59.9 Å². The maximum absolute atomic E-state index is 13.2. The summed E-state index contributed by atoms with van der Waals surface area (Å²) in [6, 6.07) is 12.2. The molecule has 2 aromatic carbocycles. The van der Waals surface area contributed by atoms with E-state index in [1.807, 2.05) is 6.92 Å². The van der Waals surface area contributed by atoms with Gasteiger partial charge in [-0.25, -0.2) is 4.39 Å². The number of carbonyl (C=O) groups excluding carboxylic acids is 2. The molecular formula is C21H22FN3O3S. The third kappa shape index (κ3) is 4.71. The minimum absolute atomic E-state index is 0.0390. The second-order valence-electron chi connectivity index (χ2n) is 6.62. The largest absolute Gasteiger partial charge is 0.497 e. The number of thiocarbonyl (C=S) groups is 1. The van der Waals surface area contributed by atoms with Crippen molar-refractivity contribution in [3.63, 3.8) is 0 Å². The van der Waals surface area contributed by atoms with E-state index in [-0.39, 0.29) is 24.1 Å². The van der Waals surface area contributed by atoms with Crippen molar-refractivity contribution in [2.45, 2.75) is 25.9 Å². The number of amides is 2. The molecular weight excluding hydrogens is 393 g/mol. The molecule has 2 aromatic rings. The molecule has 1 aliphatic rings. The Morgan fingerprint density at radius 2 is 1.83 bits per heavy atom. The summed E-state index contributed by atoms with van der Waals surface area (Å²) < 4.78 is 18.3. The van der Waals surface area contributed by atoms with Crippen molar-refractivity contribution < 1.29 is 18.7 Å². The number of benzene rings is 2. The molecule has 152 valence electrons. The molecule has 8 heteroatoms. The van der Waals surface area contributed by atoms with E-state index in [1.165, 1.54) is 17.0 Å². The van der Waals surface area contributed by atoms with E-state index >= 15 is 0 Å². The monoisotopic (exact) mass is 415 g/mol. The molecule has 0 aliphatic carbocycles. The number of hydrogen-bond donors (Lipinski definition) is 1. The number of hydrogen-bond acceptors (Lipinski definition) is 4. The molecule has 1 heterocycles. The van der Waals surface area contributed by atoms with Gasteiger partial charge >= 0.3 is 0 Å². The highest BCUT2D eigenvalue weighted by atomic mass is 32.1. The highest BCUT2D eigenvalue weighted by Crippen LogP contribution is 2.24. The number of nitrogens with zero attached hydrogens (tertiary/aromatic N) is 2. The zero-order valence-corrected chi connectivity index (χ0v) is 17.0. The lowest BCUT2D eigenvalue weighted by Crippen LogP contribution is -2.37. The van der Waals surface area contributed by atoms with Gasteiger partial charge < -0.3 is 15.0 Å². The highest BCUT2D eigenvalue weighted by molar-refractivity contribution is 7.80.